The molecule has 116 valence electrons. The average Bonchev–Trinajstić information content (AvgIpc) is 3.05. The lowest BCUT2D eigenvalue weighted by molar-refractivity contribution is -0.140. The molecule has 1 aromatic heterocycles. The number of carbonyl (C=O) groups excluding carboxylic acids is 2. The van der Waals surface area contributed by atoms with Crippen molar-refractivity contribution in [1.29, 1.82) is 0 Å². The second kappa shape index (κ2) is 7.40. The van der Waals surface area contributed by atoms with Gasteiger partial charge in [-0.25, -0.2) is 0 Å². The zero-order chi connectivity index (χ0) is 15.9. The van der Waals surface area contributed by atoms with Crippen LogP contribution in [0.25, 0.3) is 11.3 Å². The number of benzene rings is 1. The third-order valence-electron chi connectivity index (χ3n) is 3.27. The van der Waals surface area contributed by atoms with Crippen molar-refractivity contribution < 1.29 is 18.8 Å². The van der Waals surface area contributed by atoms with Gasteiger partial charge in [0.05, 0.1) is 13.5 Å². The first-order valence-electron chi connectivity index (χ1n) is 7.04. The summed E-state index contributed by atoms with van der Waals surface area (Å²) in [5.41, 5.74) is 1.08. The van der Waals surface area contributed by atoms with E-state index in [2.05, 4.69) is 9.89 Å². The smallest absolute Gasteiger partial charge is 0.307 e. The van der Waals surface area contributed by atoms with Gasteiger partial charge in [0.15, 0.2) is 11.5 Å². The third-order valence-corrected chi connectivity index (χ3v) is 3.27. The van der Waals surface area contributed by atoms with Gasteiger partial charge in [0.25, 0.3) is 5.91 Å². The van der Waals surface area contributed by atoms with E-state index in [1.165, 1.54) is 12.0 Å². The molecule has 6 nitrogen and oxygen atoms in total. The number of carbonyl (C=O) groups is 2. The maximum absolute atomic E-state index is 12.4. The Labute approximate surface area is 128 Å². The highest BCUT2D eigenvalue weighted by molar-refractivity contribution is 5.93. The first-order chi connectivity index (χ1) is 10.7. The highest BCUT2D eigenvalue weighted by atomic mass is 16.5. The lowest BCUT2D eigenvalue weighted by Crippen LogP contribution is -2.33. The summed E-state index contributed by atoms with van der Waals surface area (Å²) in [6, 6.07) is 11.0. The highest BCUT2D eigenvalue weighted by Crippen LogP contribution is 2.20. The molecule has 0 radical (unpaired) electrons. The van der Waals surface area contributed by atoms with Crippen LogP contribution in [0.1, 0.15) is 23.8 Å². The summed E-state index contributed by atoms with van der Waals surface area (Å²) in [7, 11) is 1.32. The van der Waals surface area contributed by atoms with Gasteiger partial charge >= 0.3 is 5.97 Å². The monoisotopic (exact) mass is 302 g/mol. The fourth-order valence-electron chi connectivity index (χ4n) is 2.01. The fraction of sp³-hybridized carbons (Fsp3) is 0.312. The molecule has 2 aromatic rings. The Hall–Kier alpha value is -2.63. The standard InChI is InChI=1S/C16H18N2O4/c1-3-18(10-9-15(19)21-2)16(20)13-11-14(22-17-13)12-7-5-4-6-8-12/h4-8,11H,3,9-10H2,1-2H3. The van der Waals surface area contributed by atoms with Gasteiger partial charge in [-0.1, -0.05) is 35.5 Å². The van der Waals surface area contributed by atoms with Crippen LogP contribution in [0.4, 0.5) is 0 Å². The van der Waals surface area contributed by atoms with E-state index in [1.807, 2.05) is 37.3 Å². The lowest BCUT2D eigenvalue weighted by atomic mass is 10.1. The molecular formula is C16H18N2O4. The van der Waals surface area contributed by atoms with Crippen molar-refractivity contribution in [3.63, 3.8) is 0 Å². The first-order valence-corrected chi connectivity index (χ1v) is 7.04. The normalized spacial score (nSPS) is 10.3. The summed E-state index contributed by atoms with van der Waals surface area (Å²) in [5, 5.41) is 3.83. The highest BCUT2D eigenvalue weighted by Gasteiger charge is 2.20. The van der Waals surface area contributed by atoms with Crippen LogP contribution in [0.15, 0.2) is 40.9 Å². The van der Waals surface area contributed by atoms with Gasteiger partial charge in [-0.2, -0.15) is 0 Å². The van der Waals surface area contributed by atoms with Crippen molar-refractivity contribution in [2.75, 3.05) is 20.2 Å². The number of ether oxygens (including phenoxy) is 1. The molecule has 0 saturated carbocycles. The summed E-state index contributed by atoms with van der Waals surface area (Å²) in [6.45, 7) is 2.60. The van der Waals surface area contributed by atoms with E-state index in [9.17, 15) is 9.59 Å². The first kappa shape index (κ1) is 15.8. The molecule has 1 aromatic carbocycles. The molecule has 0 aliphatic heterocycles. The van der Waals surface area contributed by atoms with E-state index < -0.39 is 0 Å². The predicted octanol–water partition coefficient (Wildman–Crippen LogP) is 2.37. The second-order valence-electron chi connectivity index (χ2n) is 4.65. The van der Waals surface area contributed by atoms with Crippen LogP contribution in [-0.4, -0.2) is 42.1 Å². The van der Waals surface area contributed by atoms with Crippen LogP contribution in [0.2, 0.25) is 0 Å². The minimum Gasteiger partial charge on any atom is -0.469 e. The summed E-state index contributed by atoms with van der Waals surface area (Å²) in [5.74, 6) is -0.0818. The number of methoxy groups -OCH3 is 1. The Morgan fingerprint density at radius 3 is 2.64 bits per heavy atom. The molecule has 1 amide bonds. The molecule has 1 heterocycles. The second-order valence-corrected chi connectivity index (χ2v) is 4.65. The minimum atomic E-state index is -0.351. The number of rotatable bonds is 6. The topological polar surface area (TPSA) is 72.6 Å². The Kier molecular flexibility index (Phi) is 5.30. The van der Waals surface area contributed by atoms with Gasteiger partial charge in [-0.3, -0.25) is 9.59 Å². The van der Waals surface area contributed by atoms with Crippen LogP contribution in [0.5, 0.6) is 0 Å². The molecule has 0 spiro atoms. The van der Waals surface area contributed by atoms with E-state index in [0.717, 1.165) is 5.56 Å². The summed E-state index contributed by atoms with van der Waals surface area (Å²) < 4.78 is 9.81. The van der Waals surface area contributed by atoms with Crippen molar-refractivity contribution in [1.82, 2.24) is 10.1 Å². The van der Waals surface area contributed by atoms with E-state index >= 15 is 0 Å². The number of aromatic nitrogens is 1. The molecule has 0 unspecified atom stereocenters. The Morgan fingerprint density at radius 2 is 2.00 bits per heavy atom. The van der Waals surface area contributed by atoms with Crippen LogP contribution < -0.4 is 0 Å². The number of hydrogen-bond acceptors (Lipinski definition) is 5. The molecule has 0 fully saturated rings. The Balaban J connectivity index is 2.08. The van der Waals surface area contributed by atoms with Gasteiger partial charge in [0, 0.05) is 24.7 Å². The Morgan fingerprint density at radius 1 is 1.27 bits per heavy atom. The van der Waals surface area contributed by atoms with Crippen LogP contribution in [0.3, 0.4) is 0 Å². The number of nitrogens with zero attached hydrogens (tertiary/aromatic N) is 2. The van der Waals surface area contributed by atoms with Crippen LogP contribution in [0, 0.1) is 0 Å². The molecule has 0 aliphatic carbocycles. The lowest BCUT2D eigenvalue weighted by Gasteiger charge is -2.18. The number of amides is 1. The third kappa shape index (κ3) is 3.72. The quantitative estimate of drug-likeness (QED) is 0.766. The minimum absolute atomic E-state index is 0.152. The van der Waals surface area contributed by atoms with Crippen LogP contribution >= 0.6 is 0 Å². The molecule has 2 rings (SSSR count). The van der Waals surface area contributed by atoms with Crippen molar-refractivity contribution >= 4 is 11.9 Å². The van der Waals surface area contributed by atoms with Crippen molar-refractivity contribution in [2.45, 2.75) is 13.3 Å². The molecule has 22 heavy (non-hydrogen) atoms. The largest absolute Gasteiger partial charge is 0.469 e. The SMILES string of the molecule is CCN(CCC(=O)OC)C(=O)c1cc(-c2ccccc2)on1. The molecule has 0 atom stereocenters. The molecule has 6 heteroatoms. The van der Waals surface area contributed by atoms with E-state index in [0.29, 0.717) is 12.3 Å². The van der Waals surface area contributed by atoms with Gasteiger partial charge in [-0.15, -0.1) is 0 Å². The molecule has 0 saturated heterocycles. The molecule has 0 bridgehead atoms. The van der Waals surface area contributed by atoms with E-state index in [1.54, 1.807) is 6.07 Å². The van der Waals surface area contributed by atoms with Gasteiger partial charge in [0.1, 0.15) is 0 Å². The van der Waals surface area contributed by atoms with Gasteiger partial charge in [0.2, 0.25) is 0 Å². The fourth-order valence-corrected chi connectivity index (χ4v) is 2.01. The van der Waals surface area contributed by atoms with Gasteiger partial charge < -0.3 is 14.2 Å². The van der Waals surface area contributed by atoms with Crippen LogP contribution in [-0.2, 0) is 9.53 Å². The average molecular weight is 302 g/mol. The summed E-state index contributed by atoms with van der Waals surface area (Å²) in [6.07, 6.45) is 0.152. The van der Waals surface area contributed by atoms with E-state index in [4.69, 9.17) is 4.52 Å². The van der Waals surface area contributed by atoms with E-state index in [-0.39, 0.29) is 30.5 Å². The Bertz CT molecular complexity index is 637. The summed E-state index contributed by atoms with van der Waals surface area (Å²) in [4.78, 5) is 25.1. The maximum atomic E-state index is 12.4. The zero-order valence-corrected chi connectivity index (χ0v) is 12.6. The summed E-state index contributed by atoms with van der Waals surface area (Å²) >= 11 is 0. The molecule has 0 aliphatic rings. The zero-order valence-electron chi connectivity index (χ0n) is 12.6. The molecular weight excluding hydrogens is 284 g/mol. The van der Waals surface area contributed by atoms with Crippen molar-refractivity contribution in [3.05, 3.63) is 42.1 Å². The number of hydrogen-bond donors (Lipinski definition) is 0. The molecule has 0 N–H and O–H groups in total. The predicted molar refractivity (Wildman–Crippen MR) is 80.1 cm³/mol. The van der Waals surface area contributed by atoms with Crippen molar-refractivity contribution in [2.24, 2.45) is 0 Å². The maximum Gasteiger partial charge on any atom is 0.307 e. The van der Waals surface area contributed by atoms with Gasteiger partial charge in [-0.05, 0) is 6.92 Å². The number of esters is 1. The van der Waals surface area contributed by atoms with Crippen molar-refractivity contribution in [3.8, 4) is 11.3 Å².